The maximum atomic E-state index is 5.93. The Morgan fingerprint density at radius 2 is 2.19 bits per heavy atom. The Hall–Kier alpha value is -1.45. The zero-order valence-corrected chi connectivity index (χ0v) is 12.7. The molecule has 0 bridgehead atoms. The molecule has 0 saturated carbocycles. The van der Waals surface area contributed by atoms with Gasteiger partial charge in [0.1, 0.15) is 0 Å². The van der Waals surface area contributed by atoms with Crippen molar-refractivity contribution in [2.45, 2.75) is 44.8 Å². The largest absolute Gasteiger partial charge is 0.378 e. The summed E-state index contributed by atoms with van der Waals surface area (Å²) in [6, 6.07) is 10.9. The van der Waals surface area contributed by atoms with Crippen LogP contribution in [0.25, 0.3) is 10.9 Å². The van der Waals surface area contributed by atoms with E-state index in [1.165, 1.54) is 30.2 Å². The number of rotatable bonds is 5. The van der Waals surface area contributed by atoms with Crippen molar-refractivity contribution in [1.82, 2.24) is 10.3 Å². The van der Waals surface area contributed by atoms with E-state index in [0.29, 0.717) is 12.1 Å². The maximum absolute atomic E-state index is 5.93. The SMILES string of the molecule is CCNC(CC1CCCCO1)c1cccc2cccnc12. The lowest BCUT2D eigenvalue weighted by atomic mass is 9.95. The minimum Gasteiger partial charge on any atom is -0.378 e. The second kappa shape index (κ2) is 7.01. The van der Waals surface area contributed by atoms with Gasteiger partial charge in [0.05, 0.1) is 11.6 Å². The monoisotopic (exact) mass is 284 g/mol. The summed E-state index contributed by atoms with van der Waals surface area (Å²) in [4.78, 5) is 4.60. The van der Waals surface area contributed by atoms with E-state index in [0.717, 1.165) is 25.1 Å². The summed E-state index contributed by atoms with van der Waals surface area (Å²) in [7, 11) is 0. The number of para-hydroxylation sites is 1. The second-order valence-electron chi connectivity index (χ2n) is 5.76. The van der Waals surface area contributed by atoms with Crippen LogP contribution < -0.4 is 5.32 Å². The molecule has 1 aromatic heterocycles. The third-order valence-corrected chi connectivity index (χ3v) is 4.26. The van der Waals surface area contributed by atoms with Crippen molar-refractivity contribution in [3.63, 3.8) is 0 Å². The van der Waals surface area contributed by atoms with E-state index in [9.17, 15) is 0 Å². The molecule has 1 saturated heterocycles. The van der Waals surface area contributed by atoms with Gasteiger partial charge in [-0.1, -0.05) is 31.2 Å². The van der Waals surface area contributed by atoms with Crippen LogP contribution in [0.3, 0.4) is 0 Å². The van der Waals surface area contributed by atoms with Gasteiger partial charge in [-0.2, -0.15) is 0 Å². The molecule has 0 radical (unpaired) electrons. The highest BCUT2D eigenvalue weighted by molar-refractivity contribution is 5.82. The molecule has 1 N–H and O–H groups in total. The van der Waals surface area contributed by atoms with Crippen LogP contribution in [0.2, 0.25) is 0 Å². The van der Waals surface area contributed by atoms with Gasteiger partial charge in [0, 0.05) is 24.2 Å². The van der Waals surface area contributed by atoms with E-state index >= 15 is 0 Å². The van der Waals surface area contributed by atoms with Gasteiger partial charge < -0.3 is 10.1 Å². The van der Waals surface area contributed by atoms with Gasteiger partial charge in [-0.15, -0.1) is 0 Å². The summed E-state index contributed by atoms with van der Waals surface area (Å²) in [5.74, 6) is 0. The molecule has 3 rings (SSSR count). The fraction of sp³-hybridized carbons (Fsp3) is 0.500. The van der Waals surface area contributed by atoms with Crippen molar-refractivity contribution in [1.29, 1.82) is 0 Å². The molecule has 3 heteroatoms. The molecule has 112 valence electrons. The number of nitrogens with zero attached hydrogens (tertiary/aromatic N) is 1. The lowest BCUT2D eigenvalue weighted by molar-refractivity contribution is 0.00521. The van der Waals surface area contributed by atoms with E-state index in [2.05, 4.69) is 41.5 Å². The average molecular weight is 284 g/mol. The molecule has 1 fully saturated rings. The molecule has 3 nitrogen and oxygen atoms in total. The van der Waals surface area contributed by atoms with Crippen LogP contribution in [-0.2, 0) is 4.74 Å². The van der Waals surface area contributed by atoms with Crippen LogP contribution in [0, 0.1) is 0 Å². The Kier molecular flexibility index (Phi) is 4.84. The van der Waals surface area contributed by atoms with Gasteiger partial charge in [-0.25, -0.2) is 0 Å². The predicted octanol–water partition coefficient (Wildman–Crippen LogP) is 3.84. The number of nitrogens with one attached hydrogen (secondary N) is 1. The zero-order chi connectivity index (χ0) is 14.5. The van der Waals surface area contributed by atoms with Gasteiger partial charge >= 0.3 is 0 Å². The van der Waals surface area contributed by atoms with E-state index < -0.39 is 0 Å². The normalized spacial score (nSPS) is 20.5. The number of pyridine rings is 1. The molecule has 2 aromatic rings. The third kappa shape index (κ3) is 3.42. The van der Waals surface area contributed by atoms with Crippen LogP contribution >= 0.6 is 0 Å². The van der Waals surface area contributed by atoms with Crippen LogP contribution in [0.4, 0.5) is 0 Å². The fourth-order valence-corrected chi connectivity index (χ4v) is 3.23. The highest BCUT2D eigenvalue weighted by Crippen LogP contribution is 2.28. The summed E-state index contributed by atoms with van der Waals surface area (Å²) in [6.07, 6.45) is 6.96. The molecule has 0 aliphatic carbocycles. The first-order valence-electron chi connectivity index (χ1n) is 8.07. The minimum absolute atomic E-state index is 0.316. The highest BCUT2D eigenvalue weighted by atomic mass is 16.5. The van der Waals surface area contributed by atoms with Crippen molar-refractivity contribution in [3.05, 3.63) is 42.1 Å². The van der Waals surface area contributed by atoms with Gasteiger partial charge in [-0.3, -0.25) is 4.98 Å². The van der Waals surface area contributed by atoms with E-state index in [4.69, 9.17) is 4.74 Å². The summed E-state index contributed by atoms with van der Waals surface area (Å²) < 4.78 is 5.93. The molecule has 2 atom stereocenters. The molecular formula is C18H24N2O. The number of ether oxygens (including phenoxy) is 1. The molecule has 0 amide bonds. The number of hydrogen-bond donors (Lipinski definition) is 1. The van der Waals surface area contributed by atoms with E-state index in [-0.39, 0.29) is 0 Å². The van der Waals surface area contributed by atoms with Crippen molar-refractivity contribution >= 4 is 10.9 Å². The topological polar surface area (TPSA) is 34.1 Å². The fourth-order valence-electron chi connectivity index (χ4n) is 3.23. The van der Waals surface area contributed by atoms with Crippen LogP contribution in [0.1, 0.15) is 44.2 Å². The molecule has 1 aromatic carbocycles. The van der Waals surface area contributed by atoms with Gasteiger partial charge in [0.25, 0.3) is 0 Å². The van der Waals surface area contributed by atoms with Crippen molar-refractivity contribution < 1.29 is 4.74 Å². The first-order chi connectivity index (χ1) is 10.4. The molecular weight excluding hydrogens is 260 g/mol. The lowest BCUT2D eigenvalue weighted by Crippen LogP contribution is -2.29. The lowest BCUT2D eigenvalue weighted by Gasteiger charge is -2.28. The highest BCUT2D eigenvalue weighted by Gasteiger charge is 2.21. The van der Waals surface area contributed by atoms with Crippen LogP contribution in [0.5, 0.6) is 0 Å². The Labute approximate surface area is 126 Å². The summed E-state index contributed by atoms with van der Waals surface area (Å²) >= 11 is 0. The van der Waals surface area contributed by atoms with E-state index in [1.54, 1.807) is 0 Å². The summed E-state index contributed by atoms with van der Waals surface area (Å²) in [5.41, 5.74) is 2.41. The molecule has 2 heterocycles. The van der Waals surface area contributed by atoms with Crippen molar-refractivity contribution in [2.75, 3.05) is 13.2 Å². The quantitative estimate of drug-likeness (QED) is 0.905. The minimum atomic E-state index is 0.316. The Bertz CT molecular complexity index is 573. The first-order valence-corrected chi connectivity index (χ1v) is 8.07. The van der Waals surface area contributed by atoms with Crippen LogP contribution in [-0.4, -0.2) is 24.2 Å². The number of fused-ring (bicyclic) bond motifs is 1. The van der Waals surface area contributed by atoms with Crippen molar-refractivity contribution in [3.8, 4) is 0 Å². The molecule has 2 unspecified atom stereocenters. The molecule has 1 aliphatic rings. The van der Waals surface area contributed by atoms with Crippen molar-refractivity contribution in [2.24, 2.45) is 0 Å². The predicted molar refractivity (Wildman–Crippen MR) is 86.4 cm³/mol. The number of aromatic nitrogens is 1. The Morgan fingerprint density at radius 3 is 3.00 bits per heavy atom. The summed E-state index contributed by atoms with van der Waals surface area (Å²) in [6.45, 7) is 4.03. The summed E-state index contributed by atoms with van der Waals surface area (Å²) in [5, 5.41) is 4.83. The number of benzene rings is 1. The van der Waals surface area contributed by atoms with Gasteiger partial charge in [-0.05, 0) is 43.9 Å². The maximum Gasteiger partial charge on any atom is 0.0749 e. The Morgan fingerprint density at radius 1 is 1.29 bits per heavy atom. The van der Waals surface area contributed by atoms with Gasteiger partial charge in [0.2, 0.25) is 0 Å². The average Bonchev–Trinajstić information content (AvgIpc) is 2.55. The standard InChI is InChI=1S/C18H24N2O/c1-2-19-17(13-15-9-3-4-12-21-15)16-10-5-7-14-8-6-11-20-18(14)16/h5-8,10-11,15,17,19H,2-4,9,12-13H2,1H3. The first kappa shape index (κ1) is 14.5. The Balaban J connectivity index is 1.87. The van der Waals surface area contributed by atoms with Crippen LogP contribution in [0.15, 0.2) is 36.5 Å². The number of hydrogen-bond acceptors (Lipinski definition) is 3. The smallest absolute Gasteiger partial charge is 0.0749 e. The zero-order valence-electron chi connectivity index (χ0n) is 12.7. The molecule has 1 aliphatic heterocycles. The molecule has 0 spiro atoms. The third-order valence-electron chi connectivity index (χ3n) is 4.26. The van der Waals surface area contributed by atoms with E-state index in [1.807, 2.05) is 12.3 Å². The van der Waals surface area contributed by atoms with Gasteiger partial charge in [0.15, 0.2) is 0 Å². The molecule has 21 heavy (non-hydrogen) atoms. The second-order valence-corrected chi connectivity index (χ2v) is 5.76.